The maximum atomic E-state index is 12.6. The third-order valence-electron chi connectivity index (χ3n) is 4.41. The van der Waals surface area contributed by atoms with Crippen LogP contribution in [0.2, 0.25) is 5.02 Å². The lowest BCUT2D eigenvalue weighted by atomic mass is 10.1. The molecule has 158 valence electrons. The first kappa shape index (κ1) is 22.0. The van der Waals surface area contributed by atoms with Crippen molar-refractivity contribution in [2.75, 3.05) is 11.2 Å². The first-order valence-electron chi connectivity index (χ1n) is 9.37. The number of benzene rings is 2. The van der Waals surface area contributed by atoms with E-state index in [1.54, 1.807) is 19.1 Å². The van der Waals surface area contributed by atoms with Gasteiger partial charge in [0.1, 0.15) is 12.4 Å². The van der Waals surface area contributed by atoms with Gasteiger partial charge in [0.05, 0.1) is 5.25 Å². The molecule has 0 radical (unpaired) electrons. The van der Waals surface area contributed by atoms with E-state index < -0.39 is 5.25 Å². The van der Waals surface area contributed by atoms with Gasteiger partial charge in [-0.25, -0.2) is 4.68 Å². The molecule has 3 rings (SSSR count). The van der Waals surface area contributed by atoms with Crippen LogP contribution in [0.25, 0.3) is 0 Å². The number of aromatic nitrogens is 3. The van der Waals surface area contributed by atoms with Gasteiger partial charge in [0.15, 0.2) is 5.82 Å². The van der Waals surface area contributed by atoms with Crippen LogP contribution in [-0.2, 0) is 11.4 Å². The fraction of sp³-hybridized carbons (Fsp3) is 0.286. The number of aryl methyl sites for hydroxylation is 3. The summed E-state index contributed by atoms with van der Waals surface area (Å²) in [5.41, 5.74) is 3.84. The summed E-state index contributed by atoms with van der Waals surface area (Å²) in [6.07, 6.45) is 0. The molecule has 2 aromatic carbocycles. The van der Waals surface area contributed by atoms with Crippen LogP contribution in [0.3, 0.4) is 0 Å². The van der Waals surface area contributed by atoms with Crippen molar-refractivity contribution in [2.45, 2.75) is 44.7 Å². The highest BCUT2D eigenvalue weighted by atomic mass is 35.5. The second-order valence-corrected chi connectivity index (χ2v) is 8.83. The Labute approximate surface area is 184 Å². The van der Waals surface area contributed by atoms with Gasteiger partial charge in [0.2, 0.25) is 11.1 Å². The molecule has 7 nitrogen and oxygen atoms in total. The van der Waals surface area contributed by atoms with Crippen molar-refractivity contribution in [2.24, 2.45) is 0 Å². The number of anilines is 1. The number of nitrogens with one attached hydrogen (secondary N) is 1. The highest BCUT2D eigenvalue weighted by molar-refractivity contribution is 8.00. The topological polar surface area (TPSA) is 95.1 Å². The Hall–Kier alpha value is -2.71. The Bertz CT molecular complexity index is 1050. The number of thioether (sulfide) groups is 1. The predicted octanol–water partition coefficient (Wildman–Crippen LogP) is 4.27. The van der Waals surface area contributed by atoms with E-state index in [0.717, 1.165) is 22.4 Å². The Morgan fingerprint density at radius 1 is 1.20 bits per heavy atom. The Kier molecular flexibility index (Phi) is 6.89. The van der Waals surface area contributed by atoms with Crippen molar-refractivity contribution in [3.05, 3.63) is 63.9 Å². The van der Waals surface area contributed by atoms with Crippen molar-refractivity contribution in [1.82, 2.24) is 14.9 Å². The number of ether oxygens (including phenoxy) is 1. The fourth-order valence-electron chi connectivity index (χ4n) is 2.83. The molecule has 0 aliphatic heterocycles. The summed E-state index contributed by atoms with van der Waals surface area (Å²) in [5.74, 6) is 7.15. The summed E-state index contributed by atoms with van der Waals surface area (Å²) in [5, 5.41) is 11.6. The molecule has 1 aromatic heterocycles. The van der Waals surface area contributed by atoms with Crippen LogP contribution in [0, 0.1) is 20.8 Å². The lowest BCUT2D eigenvalue weighted by molar-refractivity contribution is -0.115. The molecule has 3 N–H and O–H groups in total. The second kappa shape index (κ2) is 9.40. The van der Waals surface area contributed by atoms with Crippen molar-refractivity contribution in [3.8, 4) is 5.75 Å². The first-order valence-corrected chi connectivity index (χ1v) is 10.6. The lowest BCUT2D eigenvalue weighted by Gasteiger charge is -2.13. The summed E-state index contributed by atoms with van der Waals surface area (Å²) in [6, 6.07) is 11.3. The van der Waals surface area contributed by atoms with E-state index in [1.165, 1.54) is 16.4 Å². The summed E-state index contributed by atoms with van der Waals surface area (Å²) in [6.45, 7) is 7.88. The fourth-order valence-corrected chi connectivity index (χ4v) is 3.79. The van der Waals surface area contributed by atoms with E-state index in [-0.39, 0.29) is 12.5 Å². The maximum Gasteiger partial charge on any atom is 0.237 e. The van der Waals surface area contributed by atoms with Crippen LogP contribution in [0.5, 0.6) is 5.75 Å². The number of nitrogen functional groups attached to an aromatic ring is 1. The second-order valence-electron chi connectivity index (χ2n) is 7.09. The van der Waals surface area contributed by atoms with Crippen LogP contribution < -0.4 is 15.9 Å². The minimum atomic E-state index is -0.442. The van der Waals surface area contributed by atoms with Crippen molar-refractivity contribution < 1.29 is 9.53 Å². The van der Waals surface area contributed by atoms with Crippen molar-refractivity contribution in [1.29, 1.82) is 0 Å². The van der Waals surface area contributed by atoms with E-state index >= 15 is 0 Å². The van der Waals surface area contributed by atoms with E-state index in [0.29, 0.717) is 21.7 Å². The summed E-state index contributed by atoms with van der Waals surface area (Å²) >= 11 is 7.24. The summed E-state index contributed by atoms with van der Waals surface area (Å²) < 4.78 is 7.15. The van der Waals surface area contributed by atoms with Gasteiger partial charge in [-0.1, -0.05) is 35.5 Å². The van der Waals surface area contributed by atoms with Crippen LogP contribution >= 0.6 is 23.4 Å². The Balaban J connectivity index is 1.62. The number of hydrogen-bond donors (Lipinski definition) is 2. The number of rotatable bonds is 7. The molecule has 1 heterocycles. The molecule has 0 aliphatic rings. The monoisotopic (exact) mass is 445 g/mol. The van der Waals surface area contributed by atoms with Crippen LogP contribution in [-0.4, -0.2) is 26.0 Å². The number of carbonyl (C=O) groups excluding carboxylic acids is 1. The van der Waals surface area contributed by atoms with Gasteiger partial charge in [-0.05, 0) is 68.7 Å². The van der Waals surface area contributed by atoms with Gasteiger partial charge in [-0.2, -0.15) is 0 Å². The third kappa shape index (κ3) is 5.46. The molecule has 1 atom stereocenters. The number of carbonyl (C=O) groups is 1. The molecule has 0 aliphatic carbocycles. The molecular weight excluding hydrogens is 422 g/mol. The molecular formula is C21H24ClN5O2S. The zero-order valence-corrected chi connectivity index (χ0v) is 18.8. The van der Waals surface area contributed by atoms with E-state index in [1.807, 2.05) is 39.0 Å². The van der Waals surface area contributed by atoms with E-state index in [9.17, 15) is 4.79 Å². The molecule has 0 saturated carbocycles. The SMILES string of the molecule is Cc1cc(C)cc(OCc2nnc(SC(C)C(=O)Nc3cc(Cl)ccc3C)n2N)c1. The molecule has 0 spiro atoms. The third-order valence-corrected chi connectivity index (χ3v) is 5.70. The molecule has 0 saturated heterocycles. The van der Waals surface area contributed by atoms with Crippen LogP contribution in [0.4, 0.5) is 5.69 Å². The summed E-state index contributed by atoms with van der Waals surface area (Å²) in [4.78, 5) is 12.6. The Morgan fingerprint density at radius 2 is 1.90 bits per heavy atom. The van der Waals surface area contributed by atoms with Gasteiger partial charge >= 0.3 is 0 Å². The molecule has 1 amide bonds. The standard InChI is InChI=1S/C21H24ClN5O2S/c1-12-7-13(2)9-17(8-12)29-11-19-25-26-21(27(19)23)30-15(4)20(28)24-18-10-16(22)6-5-14(18)3/h5-10,15H,11,23H2,1-4H3,(H,24,28). The van der Waals surface area contributed by atoms with Gasteiger partial charge in [-0.15, -0.1) is 10.2 Å². The predicted molar refractivity (Wildman–Crippen MR) is 121 cm³/mol. The minimum absolute atomic E-state index is 0.176. The summed E-state index contributed by atoms with van der Waals surface area (Å²) in [7, 11) is 0. The molecule has 1 unspecified atom stereocenters. The number of amides is 1. The lowest BCUT2D eigenvalue weighted by Crippen LogP contribution is -2.24. The zero-order chi connectivity index (χ0) is 21.8. The van der Waals surface area contributed by atoms with E-state index in [2.05, 4.69) is 21.6 Å². The highest BCUT2D eigenvalue weighted by Gasteiger charge is 2.20. The van der Waals surface area contributed by atoms with Gasteiger partial charge in [0.25, 0.3) is 0 Å². The quantitative estimate of drug-likeness (QED) is 0.416. The molecule has 9 heteroatoms. The van der Waals surface area contributed by atoms with Crippen molar-refractivity contribution >= 4 is 35.0 Å². The molecule has 0 bridgehead atoms. The van der Waals surface area contributed by atoms with Crippen LogP contribution in [0.1, 0.15) is 29.4 Å². The molecule has 30 heavy (non-hydrogen) atoms. The first-order chi connectivity index (χ1) is 14.2. The highest BCUT2D eigenvalue weighted by Crippen LogP contribution is 2.25. The van der Waals surface area contributed by atoms with Crippen LogP contribution in [0.15, 0.2) is 41.6 Å². The smallest absolute Gasteiger partial charge is 0.237 e. The number of halogens is 1. The molecule has 3 aromatic rings. The molecule has 0 fully saturated rings. The van der Waals surface area contributed by atoms with Gasteiger partial charge in [-0.3, -0.25) is 4.79 Å². The number of nitrogens with two attached hydrogens (primary N) is 1. The van der Waals surface area contributed by atoms with Gasteiger partial charge in [0, 0.05) is 10.7 Å². The normalized spacial score (nSPS) is 11.9. The zero-order valence-electron chi connectivity index (χ0n) is 17.3. The Morgan fingerprint density at radius 3 is 2.60 bits per heavy atom. The number of hydrogen-bond acceptors (Lipinski definition) is 6. The average molecular weight is 446 g/mol. The van der Waals surface area contributed by atoms with Crippen molar-refractivity contribution in [3.63, 3.8) is 0 Å². The minimum Gasteiger partial charge on any atom is -0.486 e. The van der Waals surface area contributed by atoms with Gasteiger partial charge < -0.3 is 15.9 Å². The largest absolute Gasteiger partial charge is 0.486 e. The van der Waals surface area contributed by atoms with E-state index in [4.69, 9.17) is 22.2 Å². The maximum absolute atomic E-state index is 12.6. The number of nitrogens with zero attached hydrogens (tertiary/aromatic N) is 3. The average Bonchev–Trinajstić information content (AvgIpc) is 3.02.